The molecule has 0 bridgehead atoms. The van der Waals surface area contributed by atoms with Gasteiger partial charge in [-0.15, -0.1) is 11.3 Å². The number of unbranched alkanes of at least 4 members (excludes halogenated alkanes) is 2. The highest BCUT2D eigenvalue weighted by atomic mass is 32.1. The zero-order valence-corrected chi connectivity index (χ0v) is 26.4. The summed E-state index contributed by atoms with van der Waals surface area (Å²) in [7, 11) is 0. The van der Waals surface area contributed by atoms with Crippen molar-refractivity contribution < 1.29 is 19.1 Å². The summed E-state index contributed by atoms with van der Waals surface area (Å²) in [5, 5.41) is 0. The van der Waals surface area contributed by atoms with Crippen LogP contribution in [0.25, 0.3) is 6.08 Å². The number of carbonyl (C=O) groups is 3. The van der Waals surface area contributed by atoms with Crippen LogP contribution in [0.2, 0.25) is 0 Å². The molecule has 0 saturated carbocycles. The average Bonchev–Trinajstić information content (AvgIpc) is 3.58. The number of imidazole rings is 1. The fourth-order valence-corrected chi connectivity index (χ4v) is 5.67. The van der Waals surface area contributed by atoms with Crippen molar-refractivity contribution in [1.82, 2.24) is 19.4 Å². The third-order valence-corrected chi connectivity index (χ3v) is 7.98. The molecule has 0 spiro atoms. The number of carbonyl (C=O) groups excluding carboxylic acids is 3. The molecule has 1 aliphatic rings. The summed E-state index contributed by atoms with van der Waals surface area (Å²) in [5.41, 5.74) is 2.05. The van der Waals surface area contributed by atoms with Gasteiger partial charge < -0.3 is 9.30 Å². The number of esters is 1. The van der Waals surface area contributed by atoms with E-state index in [4.69, 9.17) is 9.72 Å². The molecule has 1 saturated heterocycles. The molecule has 3 aromatic rings. The lowest BCUT2D eigenvalue weighted by atomic mass is 10.1. The quantitative estimate of drug-likeness (QED) is 0.126. The van der Waals surface area contributed by atoms with Gasteiger partial charge >= 0.3 is 12.0 Å². The smallest absolute Gasteiger partial charge is 0.338 e. The molecule has 42 heavy (non-hydrogen) atoms. The topological polar surface area (TPSA) is 84.7 Å². The molecule has 0 radical (unpaired) electrons. The molecule has 8 nitrogen and oxygen atoms in total. The maximum Gasteiger partial charge on any atom is 0.338 e. The summed E-state index contributed by atoms with van der Waals surface area (Å²) in [4.78, 5) is 49.5. The van der Waals surface area contributed by atoms with E-state index in [2.05, 4.69) is 11.5 Å². The van der Waals surface area contributed by atoms with Gasteiger partial charge in [0.15, 0.2) is 0 Å². The molecule has 1 fully saturated rings. The maximum atomic E-state index is 13.6. The first-order valence-corrected chi connectivity index (χ1v) is 15.6. The van der Waals surface area contributed by atoms with E-state index < -0.39 is 5.60 Å². The number of urea groups is 1. The number of hydrogen-bond acceptors (Lipinski definition) is 6. The summed E-state index contributed by atoms with van der Waals surface area (Å²) in [5.74, 6) is 0.287. The molecule has 1 aromatic carbocycles. The van der Waals surface area contributed by atoms with Gasteiger partial charge in [0, 0.05) is 29.3 Å². The normalized spacial score (nSPS) is 14.9. The van der Waals surface area contributed by atoms with Crippen LogP contribution < -0.4 is 0 Å². The van der Waals surface area contributed by atoms with E-state index in [9.17, 15) is 14.4 Å². The number of ether oxygens (including phenoxy) is 1. The predicted octanol–water partition coefficient (Wildman–Crippen LogP) is 7.20. The number of benzene rings is 1. The number of hydrogen-bond donors (Lipinski definition) is 0. The molecule has 4 rings (SSSR count). The highest BCUT2D eigenvalue weighted by Gasteiger charge is 2.41. The van der Waals surface area contributed by atoms with Crippen molar-refractivity contribution in [3.63, 3.8) is 0 Å². The standard InChI is InChI=1S/C33H42N4O4S/c1-7-9-11-29-34-20-26(36(29)21-24-13-15-25(16-14-24)31(39)41-33(4,5)6)19-28-30(38)35(18-10-8-2)32(40)37(28)22-27-17-12-23(3)42-27/h12-17,19-20H,7-11,18,21-22H2,1-6H3. The Kier molecular flexibility index (Phi) is 10.0. The Morgan fingerprint density at radius 2 is 1.69 bits per heavy atom. The van der Waals surface area contributed by atoms with Crippen LogP contribution in [0.3, 0.4) is 0 Å². The highest BCUT2D eigenvalue weighted by molar-refractivity contribution is 7.11. The Labute approximate surface area is 253 Å². The second-order valence-corrected chi connectivity index (χ2v) is 13.1. The molecular weight excluding hydrogens is 548 g/mol. The van der Waals surface area contributed by atoms with Crippen LogP contribution in [0.5, 0.6) is 0 Å². The molecular formula is C33H42N4O4S. The van der Waals surface area contributed by atoms with Gasteiger partial charge in [-0.1, -0.05) is 38.8 Å². The number of thiophene rings is 1. The molecule has 224 valence electrons. The Balaban J connectivity index is 1.68. The van der Waals surface area contributed by atoms with Crippen LogP contribution >= 0.6 is 11.3 Å². The first-order valence-electron chi connectivity index (χ1n) is 14.8. The Hall–Kier alpha value is -3.72. The first kappa shape index (κ1) is 31.2. The third kappa shape index (κ3) is 7.56. The van der Waals surface area contributed by atoms with E-state index in [-0.39, 0.29) is 17.9 Å². The SMILES string of the molecule is CCCCc1ncc(C=C2C(=O)N(CCCC)C(=O)N2Cc2ccc(C)s2)n1Cc1ccc(C(=O)OC(C)(C)C)cc1. The van der Waals surface area contributed by atoms with E-state index in [0.29, 0.717) is 30.9 Å². The Morgan fingerprint density at radius 3 is 2.31 bits per heavy atom. The van der Waals surface area contributed by atoms with Crippen LogP contribution in [0.1, 0.15) is 97.5 Å². The van der Waals surface area contributed by atoms with Gasteiger partial charge in [-0.25, -0.2) is 14.6 Å². The monoisotopic (exact) mass is 590 g/mol. The zero-order valence-electron chi connectivity index (χ0n) is 25.6. The number of imide groups is 1. The molecule has 0 atom stereocenters. The number of nitrogens with zero attached hydrogens (tertiary/aromatic N) is 4. The lowest BCUT2D eigenvalue weighted by Gasteiger charge is -2.19. The van der Waals surface area contributed by atoms with Crippen molar-refractivity contribution in [2.24, 2.45) is 0 Å². The maximum absolute atomic E-state index is 13.6. The van der Waals surface area contributed by atoms with Gasteiger partial charge in [-0.2, -0.15) is 0 Å². The van der Waals surface area contributed by atoms with Gasteiger partial charge in [0.2, 0.25) is 0 Å². The highest BCUT2D eigenvalue weighted by Crippen LogP contribution is 2.29. The van der Waals surface area contributed by atoms with Crippen molar-refractivity contribution in [1.29, 1.82) is 0 Å². The predicted molar refractivity (Wildman–Crippen MR) is 166 cm³/mol. The van der Waals surface area contributed by atoms with Crippen molar-refractivity contribution in [2.75, 3.05) is 6.54 Å². The van der Waals surface area contributed by atoms with Crippen LogP contribution in [0.15, 0.2) is 48.3 Å². The Morgan fingerprint density at radius 1 is 0.976 bits per heavy atom. The van der Waals surface area contributed by atoms with Gasteiger partial charge in [-0.3, -0.25) is 14.6 Å². The fraction of sp³-hybridized carbons (Fsp3) is 0.455. The number of amides is 3. The molecule has 0 aliphatic carbocycles. The molecule has 0 unspecified atom stereocenters. The third-order valence-electron chi connectivity index (χ3n) is 7.00. The van der Waals surface area contributed by atoms with E-state index in [1.54, 1.807) is 34.6 Å². The second-order valence-electron chi connectivity index (χ2n) is 11.7. The molecule has 1 aliphatic heterocycles. The molecule has 9 heteroatoms. The number of rotatable bonds is 12. The zero-order chi connectivity index (χ0) is 30.4. The average molecular weight is 591 g/mol. The van der Waals surface area contributed by atoms with Gasteiger partial charge in [0.1, 0.15) is 17.1 Å². The van der Waals surface area contributed by atoms with Crippen LogP contribution in [-0.2, 0) is 29.0 Å². The van der Waals surface area contributed by atoms with E-state index in [0.717, 1.165) is 58.9 Å². The van der Waals surface area contributed by atoms with Crippen LogP contribution in [-0.4, -0.2) is 49.4 Å². The fourth-order valence-electron chi connectivity index (χ4n) is 4.79. The minimum atomic E-state index is -0.565. The summed E-state index contributed by atoms with van der Waals surface area (Å²) < 4.78 is 7.61. The van der Waals surface area contributed by atoms with Crippen LogP contribution in [0.4, 0.5) is 4.79 Å². The van der Waals surface area contributed by atoms with E-state index >= 15 is 0 Å². The first-order chi connectivity index (χ1) is 20.0. The van der Waals surface area contributed by atoms with Crippen LogP contribution in [0, 0.1) is 6.92 Å². The molecule has 0 N–H and O–H groups in total. The minimum Gasteiger partial charge on any atom is -0.456 e. The number of aromatic nitrogens is 2. The van der Waals surface area contributed by atoms with Crippen molar-refractivity contribution in [3.8, 4) is 0 Å². The molecule has 2 aromatic heterocycles. The van der Waals surface area contributed by atoms with Crippen molar-refractivity contribution >= 4 is 35.3 Å². The molecule has 3 amide bonds. The number of aryl methyl sites for hydroxylation is 2. The minimum absolute atomic E-state index is 0.272. The summed E-state index contributed by atoms with van der Waals surface area (Å²) in [6, 6.07) is 11.2. The Bertz CT molecular complexity index is 1450. The van der Waals surface area contributed by atoms with Crippen molar-refractivity contribution in [3.05, 3.63) is 80.7 Å². The lowest BCUT2D eigenvalue weighted by molar-refractivity contribution is -0.123. The van der Waals surface area contributed by atoms with Gasteiger partial charge in [0.05, 0.1) is 24.0 Å². The van der Waals surface area contributed by atoms with Crippen molar-refractivity contribution in [2.45, 2.75) is 92.3 Å². The summed E-state index contributed by atoms with van der Waals surface area (Å²) in [6.45, 7) is 13.0. The van der Waals surface area contributed by atoms with Gasteiger partial charge in [-0.05, 0) is 76.4 Å². The largest absolute Gasteiger partial charge is 0.456 e. The van der Waals surface area contributed by atoms with Gasteiger partial charge in [0.25, 0.3) is 5.91 Å². The van der Waals surface area contributed by atoms with E-state index in [1.807, 2.05) is 65.0 Å². The van der Waals surface area contributed by atoms with E-state index in [1.165, 1.54) is 4.90 Å². The molecule has 3 heterocycles. The summed E-state index contributed by atoms with van der Waals surface area (Å²) >= 11 is 1.63. The lowest BCUT2D eigenvalue weighted by Crippen LogP contribution is -2.33. The second kappa shape index (κ2) is 13.5. The summed E-state index contributed by atoms with van der Waals surface area (Å²) in [6.07, 6.45) is 8.05.